The van der Waals surface area contributed by atoms with Gasteiger partial charge in [0.05, 0.1) is 7.11 Å². The van der Waals surface area contributed by atoms with Crippen molar-refractivity contribution in [2.75, 3.05) is 13.7 Å². The Balaban J connectivity index is 2.87. The van der Waals surface area contributed by atoms with Crippen molar-refractivity contribution in [1.29, 1.82) is 0 Å². The van der Waals surface area contributed by atoms with Gasteiger partial charge in [-0.15, -0.1) is 0 Å². The fraction of sp³-hybridized carbons (Fsp3) is 0.600. The molecule has 0 amide bonds. The Bertz CT molecular complexity index is 383. The zero-order valence-electron chi connectivity index (χ0n) is 12.0. The number of rotatable bonds is 5. The Hall–Kier alpha value is -1.02. The Labute approximate surface area is 105 Å². The quantitative estimate of drug-likeness (QED) is 0.846. The summed E-state index contributed by atoms with van der Waals surface area (Å²) in [6, 6.07) is 2.80. The van der Waals surface area contributed by atoms with Gasteiger partial charge in [0.2, 0.25) is 0 Å². The van der Waals surface area contributed by atoms with Crippen LogP contribution in [0.25, 0.3) is 0 Å². The van der Waals surface area contributed by atoms with E-state index in [9.17, 15) is 0 Å². The van der Waals surface area contributed by atoms with E-state index in [0.717, 1.165) is 18.7 Å². The van der Waals surface area contributed by atoms with Crippen LogP contribution in [-0.4, -0.2) is 19.7 Å². The van der Waals surface area contributed by atoms with Crippen molar-refractivity contribution in [2.45, 2.75) is 47.1 Å². The van der Waals surface area contributed by atoms with Crippen molar-refractivity contribution in [1.82, 2.24) is 5.32 Å². The lowest BCUT2D eigenvalue weighted by molar-refractivity contribution is 0.408. The number of ether oxygens (including phenoxy) is 1. The Kier molecular flexibility index (Phi) is 5.01. The van der Waals surface area contributed by atoms with E-state index in [-0.39, 0.29) is 0 Å². The first kappa shape index (κ1) is 14.0. The fourth-order valence-corrected chi connectivity index (χ4v) is 2.21. The van der Waals surface area contributed by atoms with Crippen LogP contribution in [0.15, 0.2) is 6.07 Å². The molecule has 1 aromatic carbocycles. The number of benzene rings is 1. The van der Waals surface area contributed by atoms with Crippen LogP contribution in [0.5, 0.6) is 5.75 Å². The van der Waals surface area contributed by atoms with Crippen LogP contribution >= 0.6 is 0 Å². The van der Waals surface area contributed by atoms with Gasteiger partial charge in [-0.05, 0) is 56.0 Å². The van der Waals surface area contributed by atoms with Gasteiger partial charge in [0.25, 0.3) is 0 Å². The zero-order chi connectivity index (χ0) is 13.0. The van der Waals surface area contributed by atoms with Crippen molar-refractivity contribution in [3.63, 3.8) is 0 Å². The van der Waals surface area contributed by atoms with Gasteiger partial charge in [-0.2, -0.15) is 0 Å². The molecule has 1 aromatic rings. The predicted octanol–water partition coefficient (Wildman–Crippen LogP) is 3.16. The molecule has 0 aliphatic carbocycles. The molecule has 1 N–H and O–H groups in total. The smallest absolute Gasteiger partial charge is 0.124 e. The fourth-order valence-electron chi connectivity index (χ4n) is 2.21. The molecule has 0 saturated heterocycles. The van der Waals surface area contributed by atoms with Gasteiger partial charge in [0.15, 0.2) is 0 Å². The van der Waals surface area contributed by atoms with E-state index < -0.39 is 0 Å². The van der Waals surface area contributed by atoms with Crippen LogP contribution < -0.4 is 10.1 Å². The third-order valence-electron chi connectivity index (χ3n) is 3.28. The lowest BCUT2D eigenvalue weighted by Crippen LogP contribution is -2.25. The van der Waals surface area contributed by atoms with Crippen LogP contribution in [0.2, 0.25) is 0 Å². The summed E-state index contributed by atoms with van der Waals surface area (Å²) in [5, 5.41) is 3.46. The zero-order valence-corrected chi connectivity index (χ0v) is 12.0. The van der Waals surface area contributed by atoms with E-state index in [1.807, 2.05) is 0 Å². The molecule has 0 atom stereocenters. The maximum Gasteiger partial charge on any atom is 0.124 e. The highest BCUT2D eigenvalue weighted by atomic mass is 16.5. The maximum absolute atomic E-state index is 5.44. The molecule has 0 radical (unpaired) electrons. The number of hydrogen-bond acceptors (Lipinski definition) is 2. The molecule has 0 fully saturated rings. The summed E-state index contributed by atoms with van der Waals surface area (Å²) in [6.07, 6.45) is 1.08. The summed E-state index contributed by atoms with van der Waals surface area (Å²) in [7, 11) is 1.74. The van der Waals surface area contributed by atoms with Gasteiger partial charge < -0.3 is 10.1 Å². The largest absolute Gasteiger partial charge is 0.496 e. The first-order chi connectivity index (χ1) is 7.97. The average molecular weight is 235 g/mol. The second-order valence-corrected chi connectivity index (χ2v) is 4.99. The summed E-state index contributed by atoms with van der Waals surface area (Å²) in [5.41, 5.74) is 5.29. The molecule has 96 valence electrons. The van der Waals surface area contributed by atoms with Gasteiger partial charge in [-0.3, -0.25) is 0 Å². The lowest BCUT2D eigenvalue weighted by atomic mass is 9.96. The van der Waals surface area contributed by atoms with Crippen molar-refractivity contribution in [3.8, 4) is 5.75 Å². The average Bonchev–Trinajstić information content (AvgIpc) is 2.25. The number of nitrogens with one attached hydrogen (secondary N) is 1. The monoisotopic (exact) mass is 235 g/mol. The molecule has 0 aromatic heterocycles. The van der Waals surface area contributed by atoms with Gasteiger partial charge in [0, 0.05) is 6.04 Å². The van der Waals surface area contributed by atoms with E-state index in [1.165, 1.54) is 22.3 Å². The normalized spacial score (nSPS) is 11.0. The number of methoxy groups -OCH3 is 1. The first-order valence-electron chi connectivity index (χ1n) is 6.34. The minimum absolute atomic E-state index is 0.552. The van der Waals surface area contributed by atoms with Crippen LogP contribution in [0.4, 0.5) is 0 Å². The van der Waals surface area contributed by atoms with Crippen LogP contribution in [0.3, 0.4) is 0 Å². The molecule has 0 spiro atoms. The van der Waals surface area contributed by atoms with Crippen molar-refractivity contribution >= 4 is 0 Å². The molecule has 0 aliphatic rings. The standard InChI is InChI=1S/C15H25NO/c1-10(2)16-8-7-14-9-11(3)15(17-6)13(5)12(14)4/h9-10,16H,7-8H2,1-6H3. The highest BCUT2D eigenvalue weighted by molar-refractivity contribution is 5.49. The predicted molar refractivity (Wildman–Crippen MR) is 74.0 cm³/mol. The molecular formula is C15H25NO. The van der Waals surface area contributed by atoms with Crippen molar-refractivity contribution in [2.24, 2.45) is 0 Å². The molecule has 0 bridgehead atoms. The van der Waals surface area contributed by atoms with Gasteiger partial charge in [-0.25, -0.2) is 0 Å². The van der Waals surface area contributed by atoms with Crippen molar-refractivity contribution < 1.29 is 4.74 Å². The topological polar surface area (TPSA) is 21.3 Å². The number of hydrogen-bond donors (Lipinski definition) is 1. The van der Waals surface area contributed by atoms with Gasteiger partial charge >= 0.3 is 0 Å². The molecule has 0 heterocycles. The molecule has 0 unspecified atom stereocenters. The van der Waals surface area contributed by atoms with E-state index in [2.05, 4.69) is 46.0 Å². The lowest BCUT2D eigenvalue weighted by Gasteiger charge is -2.16. The van der Waals surface area contributed by atoms with E-state index in [1.54, 1.807) is 7.11 Å². The summed E-state index contributed by atoms with van der Waals surface area (Å²) >= 11 is 0. The molecule has 2 heteroatoms. The highest BCUT2D eigenvalue weighted by Gasteiger charge is 2.10. The molecule has 0 aliphatic heterocycles. The molecule has 0 saturated carbocycles. The molecule has 1 rings (SSSR count). The third-order valence-corrected chi connectivity index (χ3v) is 3.28. The Morgan fingerprint density at radius 1 is 1.18 bits per heavy atom. The summed E-state index contributed by atoms with van der Waals surface area (Å²) in [6.45, 7) is 11.8. The summed E-state index contributed by atoms with van der Waals surface area (Å²) in [5.74, 6) is 1.03. The minimum atomic E-state index is 0.552. The second kappa shape index (κ2) is 6.06. The Morgan fingerprint density at radius 3 is 2.35 bits per heavy atom. The van der Waals surface area contributed by atoms with Crippen LogP contribution in [0, 0.1) is 20.8 Å². The van der Waals surface area contributed by atoms with Gasteiger partial charge in [-0.1, -0.05) is 19.9 Å². The molecule has 2 nitrogen and oxygen atoms in total. The Morgan fingerprint density at radius 2 is 1.82 bits per heavy atom. The van der Waals surface area contributed by atoms with Crippen molar-refractivity contribution in [3.05, 3.63) is 28.3 Å². The summed E-state index contributed by atoms with van der Waals surface area (Å²) < 4.78 is 5.44. The highest BCUT2D eigenvalue weighted by Crippen LogP contribution is 2.28. The first-order valence-corrected chi connectivity index (χ1v) is 6.34. The van der Waals surface area contributed by atoms with Gasteiger partial charge in [0.1, 0.15) is 5.75 Å². The SMILES string of the molecule is COc1c(C)cc(CCNC(C)C)c(C)c1C. The minimum Gasteiger partial charge on any atom is -0.496 e. The van der Waals surface area contributed by atoms with E-state index >= 15 is 0 Å². The van der Waals surface area contributed by atoms with E-state index in [0.29, 0.717) is 6.04 Å². The van der Waals surface area contributed by atoms with E-state index in [4.69, 9.17) is 4.74 Å². The number of aryl methyl sites for hydroxylation is 1. The molecular weight excluding hydrogens is 210 g/mol. The summed E-state index contributed by atoms with van der Waals surface area (Å²) in [4.78, 5) is 0. The maximum atomic E-state index is 5.44. The second-order valence-electron chi connectivity index (χ2n) is 4.99. The third kappa shape index (κ3) is 3.47. The van der Waals surface area contributed by atoms with Crippen LogP contribution in [0.1, 0.15) is 36.1 Å². The molecule has 17 heavy (non-hydrogen) atoms. The van der Waals surface area contributed by atoms with Crippen LogP contribution in [-0.2, 0) is 6.42 Å².